The number of rotatable bonds is 3. The average molecular weight is 349 g/mol. The van der Waals surface area contributed by atoms with Crippen LogP contribution in [0.2, 0.25) is 0 Å². The maximum Gasteiger partial charge on any atom is 0.313 e. The van der Waals surface area contributed by atoms with Gasteiger partial charge in [-0.2, -0.15) is 0 Å². The smallest absolute Gasteiger partial charge is 0.313 e. The summed E-state index contributed by atoms with van der Waals surface area (Å²) >= 11 is 0. The van der Waals surface area contributed by atoms with Gasteiger partial charge in [0.15, 0.2) is 0 Å². The monoisotopic (exact) mass is 349 g/mol. The molecule has 134 valence electrons. The van der Waals surface area contributed by atoms with Crippen LogP contribution in [0.15, 0.2) is 42.6 Å². The second-order valence-corrected chi connectivity index (χ2v) is 6.79. The molecule has 0 aliphatic carbocycles. The molecule has 0 N–H and O–H groups in total. The van der Waals surface area contributed by atoms with Crippen LogP contribution in [0.4, 0.5) is 0 Å². The molecule has 1 atom stereocenters. The van der Waals surface area contributed by atoms with Crippen LogP contribution in [0.3, 0.4) is 0 Å². The first kappa shape index (κ1) is 17.9. The van der Waals surface area contributed by atoms with Crippen LogP contribution in [0.5, 0.6) is 5.75 Å². The van der Waals surface area contributed by atoms with Gasteiger partial charge in [-0.3, -0.25) is 9.59 Å². The van der Waals surface area contributed by atoms with Gasteiger partial charge in [-0.05, 0) is 49.1 Å². The number of hydrogen-bond acceptors (Lipinski definition) is 3. The minimum Gasteiger partial charge on any atom is -0.426 e. The lowest BCUT2D eigenvalue weighted by Gasteiger charge is -2.32. The number of aryl methyl sites for hydroxylation is 3. The Bertz CT molecular complexity index is 875. The predicted octanol–water partition coefficient (Wildman–Crippen LogP) is 4.48. The summed E-state index contributed by atoms with van der Waals surface area (Å²) in [5, 5.41) is 0. The zero-order valence-corrected chi connectivity index (χ0v) is 15.6. The fourth-order valence-electron chi connectivity index (χ4n) is 3.55. The number of esters is 1. The van der Waals surface area contributed by atoms with Crippen molar-refractivity contribution >= 4 is 18.0 Å². The predicted molar refractivity (Wildman–Crippen MR) is 102 cm³/mol. The number of carbonyl (C=O) groups excluding carboxylic acids is 2. The molecule has 26 heavy (non-hydrogen) atoms. The number of amides is 1. The zero-order chi connectivity index (χ0) is 18.8. The quantitative estimate of drug-likeness (QED) is 0.606. The van der Waals surface area contributed by atoms with Gasteiger partial charge in [0.25, 0.3) is 0 Å². The first-order valence-electron chi connectivity index (χ1n) is 8.71. The number of fused-ring (bicyclic) bond motifs is 1. The van der Waals surface area contributed by atoms with E-state index in [-0.39, 0.29) is 24.3 Å². The van der Waals surface area contributed by atoms with Gasteiger partial charge in [0.2, 0.25) is 5.91 Å². The summed E-state index contributed by atoms with van der Waals surface area (Å²) in [6.07, 6.45) is 3.74. The Balaban J connectivity index is 1.85. The third-order valence-electron chi connectivity index (χ3n) is 4.65. The van der Waals surface area contributed by atoms with Gasteiger partial charge < -0.3 is 9.64 Å². The van der Waals surface area contributed by atoms with Gasteiger partial charge in [-0.15, -0.1) is 0 Å². The minimum atomic E-state index is -0.354. The van der Waals surface area contributed by atoms with Gasteiger partial charge in [0.1, 0.15) is 5.75 Å². The van der Waals surface area contributed by atoms with Crippen LogP contribution < -0.4 is 4.74 Å². The largest absolute Gasteiger partial charge is 0.426 e. The Kier molecular flexibility index (Phi) is 4.94. The van der Waals surface area contributed by atoms with Crippen molar-refractivity contribution in [3.8, 4) is 5.75 Å². The second-order valence-electron chi connectivity index (χ2n) is 6.79. The maximum absolute atomic E-state index is 12.7. The van der Waals surface area contributed by atoms with Crippen molar-refractivity contribution in [3.05, 3.63) is 70.4 Å². The molecule has 0 aromatic heterocycles. The van der Waals surface area contributed by atoms with Crippen LogP contribution in [0, 0.1) is 20.8 Å². The molecule has 2 aromatic carbocycles. The second kappa shape index (κ2) is 7.16. The lowest BCUT2D eigenvalue weighted by molar-refractivity contribution is -0.137. The standard InChI is InChI=1S/C22H23NO3/c1-14-11-15(2)22(16(3)12-14)26-21(25)13-20-19-8-6-5-7-18(19)9-10-23(20)17(4)24/h5-12,20H,13H2,1-4H3. The normalized spacial score (nSPS) is 15.5. The van der Waals surface area contributed by atoms with Crippen LogP contribution in [0.1, 0.15) is 47.2 Å². The molecule has 3 rings (SSSR count). The molecule has 1 aliphatic rings. The summed E-state index contributed by atoms with van der Waals surface area (Å²) in [7, 11) is 0. The van der Waals surface area contributed by atoms with Gasteiger partial charge >= 0.3 is 5.97 Å². The van der Waals surface area contributed by atoms with Gasteiger partial charge in [0.05, 0.1) is 12.5 Å². The molecule has 0 radical (unpaired) electrons. The Morgan fingerprint density at radius 1 is 1.08 bits per heavy atom. The molecule has 1 unspecified atom stereocenters. The number of carbonyl (C=O) groups is 2. The lowest BCUT2D eigenvalue weighted by Crippen LogP contribution is -2.33. The van der Waals surface area contributed by atoms with Crippen molar-refractivity contribution in [1.82, 2.24) is 4.90 Å². The van der Waals surface area contributed by atoms with Crippen molar-refractivity contribution in [2.75, 3.05) is 0 Å². The molecule has 2 aromatic rings. The Labute approximate surface area is 154 Å². The van der Waals surface area contributed by atoms with E-state index < -0.39 is 0 Å². The molecular formula is C22H23NO3. The van der Waals surface area contributed by atoms with E-state index in [0.29, 0.717) is 5.75 Å². The molecule has 4 nitrogen and oxygen atoms in total. The van der Waals surface area contributed by atoms with Crippen LogP contribution in [-0.2, 0) is 9.59 Å². The molecule has 0 saturated carbocycles. The Hall–Kier alpha value is -2.88. The Morgan fingerprint density at radius 3 is 2.38 bits per heavy atom. The Morgan fingerprint density at radius 2 is 1.73 bits per heavy atom. The van der Waals surface area contributed by atoms with E-state index in [1.54, 1.807) is 11.1 Å². The minimum absolute atomic E-state index is 0.101. The summed E-state index contributed by atoms with van der Waals surface area (Å²) in [5.41, 5.74) is 4.98. The third kappa shape index (κ3) is 3.54. The maximum atomic E-state index is 12.7. The number of nitrogens with zero attached hydrogens (tertiary/aromatic N) is 1. The molecule has 1 amide bonds. The summed E-state index contributed by atoms with van der Waals surface area (Å²) in [6.45, 7) is 7.39. The van der Waals surface area contributed by atoms with E-state index in [9.17, 15) is 9.59 Å². The van der Waals surface area contributed by atoms with E-state index in [4.69, 9.17) is 4.74 Å². The van der Waals surface area contributed by atoms with Crippen LogP contribution in [-0.4, -0.2) is 16.8 Å². The van der Waals surface area contributed by atoms with E-state index in [2.05, 4.69) is 0 Å². The highest BCUT2D eigenvalue weighted by molar-refractivity contribution is 5.80. The highest BCUT2D eigenvalue weighted by atomic mass is 16.5. The summed E-state index contributed by atoms with van der Waals surface area (Å²) in [4.78, 5) is 26.3. The summed E-state index contributed by atoms with van der Waals surface area (Å²) in [6, 6.07) is 11.4. The molecule has 1 heterocycles. The molecule has 0 fully saturated rings. The molecule has 0 spiro atoms. The molecular weight excluding hydrogens is 326 g/mol. The first-order chi connectivity index (χ1) is 12.4. The summed E-state index contributed by atoms with van der Waals surface area (Å²) in [5.74, 6) is 0.160. The third-order valence-corrected chi connectivity index (χ3v) is 4.65. The van der Waals surface area contributed by atoms with E-state index in [1.807, 2.05) is 63.2 Å². The van der Waals surface area contributed by atoms with E-state index in [0.717, 1.165) is 27.8 Å². The molecule has 4 heteroatoms. The molecule has 0 bridgehead atoms. The van der Waals surface area contributed by atoms with Crippen LogP contribution in [0.25, 0.3) is 6.08 Å². The summed E-state index contributed by atoms with van der Waals surface area (Å²) < 4.78 is 5.68. The topological polar surface area (TPSA) is 46.6 Å². The molecule has 0 saturated heterocycles. The zero-order valence-electron chi connectivity index (χ0n) is 15.6. The van der Waals surface area contributed by atoms with Crippen molar-refractivity contribution < 1.29 is 14.3 Å². The first-order valence-corrected chi connectivity index (χ1v) is 8.71. The number of hydrogen-bond donors (Lipinski definition) is 0. The fourth-order valence-corrected chi connectivity index (χ4v) is 3.55. The highest BCUT2D eigenvalue weighted by Crippen LogP contribution is 2.34. The lowest BCUT2D eigenvalue weighted by atomic mass is 9.94. The van der Waals surface area contributed by atoms with Gasteiger partial charge in [-0.1, -0.05) is 42.0 Å². The number of ether oxygens (including phenoxy) is 1. The van der Waals surface area contributed by atoms with Crippen LogP contribution >= 0.6 is 0 Å². The number of benzene rings is 2. The van der Waals surface area contributed by atoms with Crippen molar-refractivity contribution in [2.45, 2.75) is 40.2 Å². The SMILES string of the molecule is CC(=O)N1C=Cc2ccccc2C1CC(=O)Oc1c(C)cc(C)cc1C. The average Bonchev–Trinajstić information content (AvgIpc) is 2.58. The highest BCUT2D eigenvalue weighted by Gasteiger charge is 2.29. The fraction of sp³-hybridized carbons (Fsp3) is 0.273. The van der Waals surface area contributed by atoms with Crippen molar-refractivity contribution in [1.29, 1.82) is 0 Å². The molecule has 1 aliphatic heterocycles. The van der Waals surface area contributed by atoms with Gasteiger partial charge in [0, 0.05) is 13.1 Å². The van der Waals surface area contributed by atoms with Crippen molar-refractivity contribution in [3.63, 3.8) is 0 Å². The van der Waals surface area contributed by atoms with Gasteiger partial charge in [-0.25, -0.2) is 0 Å². The van der Waals surface area contributed by atoms with E-state index >= 15 is 0 Å². The van der Waals surface area contributed by atoms with E-state index in [1.165, 1.54) is 6.92 Å². The van der Waals surface area contributed by atoms with Crippen molar-refractivity contribution in [2.24, 2.45) is 0 Å².